The Kier molecular flexibility index (Phi) is 6.16. The topological polar surface area (TPSA) is 43.1 Å². The van der Waals surface area contributed by atoms with Crippen molar-refractivity contribution in [3.8, 4) is 0 Å². The normalized spacial score (nSPS) is 13.4. The van der Waals surface area contributed by atoms with E-state index in [2.05, 4.69) is 13.8 Å². The first kappa shape index (κ1) is 14.1. The summed E-state index contributed by atoms with van der Waals surface area (Å²) in [4.78, 5) is 0.907. The second kappa shape index (κ2) is 7.41. The summed E-state index contributed by atoms with van der Waals surface area (Å²) in [6, 6.07) is 7.84. The average molecular weight is 251 g/mol. The molecule has 1 rings (SSSR count). The summed E-state index contributed by atoms with van der Waals surface area (Å²) >= 11 is 0. The van der Waals surface area contributed by atoms with Crippen LogP contribution < -0.4 is 5.73 Å². The Balaban J connectivity index is 2.70. The maximum Gasteiger partial charge on any atom is 0.0529 e. The average Bonchev–Trinajstić information content (AvgIpc) is 2.33. The molecule has 0 amide bonds. The maximum atomic E-state index is 12.0. The summed E-state index contributed by atoms with van der Waals surface area (Å²) in [6.45, 7) is 4.83. The van der Waals surface area contributed by atoms with Gasteiger partial charge < -0.3 is 5.73 Å². The summed E-state index contributed by atoms with van der Waals surface area (Å²) in [7, 11) is -0.885. The van der Waals surface area contributed by atoms with Gasteiger partial charge in [-0.2, -0.15) is 0 Å². The largest absolute Gasteiger partial charge is 0.327 e. The SMILES string of the molecule is CC(C)CCS(=O)c1cccc(C=CCN)c1. The lowest BCUT2D eigenvalue weighted by molar-refractivity contribution is 0.619. The summed E-state index contributed by atoms with van der Waals surface area (Å²) in [5.41, 5.74) is 6.47. The fourth-order valence-electron chi connectivity index (χ4n) is 1.42. The number of nitrogens with two attached hydrogens (primary N) is 1. The fourth-order valence-corrected chi connectivity index (χ4v) is 2.84. The van der Waals surface area contributed by atoms with Gasteiger partial charge in [-0.15, -0.1) is 0 Å². The highest BCUT2D eigenvalue weighted by Gasteiger charge is 2.05. The standard InChI is InChI=1S/C14H21NOS/c1-12(2)8-10-17(16)14-7-3-5-13(11-14)6-4-9-15/h3-7,11-12H,8-10,15H2,1-2H3. The molecule has 0 heterocycles. The number of hydrogen-bond acceptors (Lipinski definition) is 2. The second-order valence-electron chi connectivity index (χ2n) is 4.44. The molecule has 2 N–H and O–H groups in total. The van der Waals surface area contributed by atoms with Gasteiger partial charge in [0.25, 0.3) is 0 Å². The van der Waals surface area contributed by atoms with E-state index in [1.165, 1.54) is 0 Å². The van der Waals surface area contributed by atoms with E-state index in [9.17, 15) is 4.21 Å². The van der Waals surface area contributed by atoms with Crippen LogP contribution in [0.1, 0.15) is 25.8 Å². The Morgan fingerprint density at radius 2 is 2.18 bits per heavy atom. The van der Waals surface area contributed by atoms with Crippen molar-refractivity contribution in [2.24, 2.45) is 11.7 Å². The third-order valence-electron chi connectivity index (χ3n) is 2.45. The molecule has 0 aromatic heterocycles. The van der Waals surface area contributed by atoms with Crippen molar-refractivity contribution in [2.75, 3.05) is 12.3 Å². The van der Waals surface area contributed by atoms with Crippen LogP contribution in [0.25, 0.3) is 6.08 Å². The van der Waals surface area contributed by atoms with E-state index < -0.39 is 10.8 Å². The van der Waals surface area contributed by atoms with Crippen molar-refractivity contribution < 1.29 is 4.21 Å². The van der Waals surface area contributed by atoms with E-state index in [0.717, 1.165) is 22.6 Å². The van der Waals surface area contributed by atoms with Crippen LogP contribution in [-0.2, 0) is 10.8 Å². The third kappa shape index (κ3) is 5.29. The molecule has 1 unspecified atom stereocenters. The molecule has 0 aliphatic heterocycles. The van der Waals surface area contributed by atoms with Gasteiger partial charge in [-0.3, -0.25) is 4.21 Å². The minimum atomic E-state index is -0.885. The zero-order valence-corrected chi connectivity index (χ0v) is 11.4. The minimum Gasteiger partial charge on any atom is -0.327 e. The molecule has 0 aliphatic carbocycles. The fraction of sp³-hybridized carbons (Fsp3) is 0.429. The lowest BCUT2D eigenvalue weighted by Gasteiger charge is -2.05. The van der Waals surface area contributed by atoms with E-state index in [0.29, 0.717) is 12.5 Å². The smallest absolute Gasteiger partial charge is 0.0529 e. The highest BCUT2D eigenvalue weighted by atomic mass is 32.2. The van der Waals surface area contributed by atoms with Crippen molar-refractivity contribution in [3.63, 3.8) is 0 Å². The molecular formula is C14H21NOS. The van der Waals surface area contributed by atoms with Gasteiger partial charge in [0.2, 0.25) is 0 Å². The van der Waals surface area contributed by atoms with Crippen LogP contribution >= 0.6 is 0 Å². The molecule has 0 saturated heterocycles. The predicted octanol–water partition coefficient (Wildman–Crippen LogP) is 2.81. The zero-order chi connectivity index (χ0) is 12.7. The van der Waals surface area contributed by atoms with Crippen molar-refractivity contribution in [1.29, 1.82) is 0 Å². The van der Waals surface area contributed by atoms with E-state index in [4.69, 9.17) is 5.73 Å². The second-order valence-corrected chi connectivity index (χ2v) is 6.01. The number of rotatable bonds is 6. The molecule has 1 atom stereocenters. The molecule has 0 bridgehead atoms. The predicted molar refractivity (Wildman–Crippen MR) is 75.3 cm³/mol. The van der Waals surface area contributed by atoms with Gasteiger partial charge in [0, 0.05) is 17.2 Å². The van der Waals surface area contributed by atoms with Gasteiger partial charge in [-0.25, -0.2) is 0 Å². The Hall–Kier alpha value is -0.930. The summed E-state index contributed by atoms with van der Waals surface area (Å²) in [6.07, 6.45) is 4.86. The monoisotopic (exact) mass is 251 g/mol. The van der Waals surface area contributed by atoms with Gasteiger partial charge >= 0.3 is 0 Å². The first-order chi connectivity index (χ1) is 8.13. The quantitative estimate of drug-likeness (QED) is 0.845. The molecule has 0 radical (unpaired) electrons. The van der Waals surface area contributed by atoms with Crippen LogP contribution in [0.4, 0.5) is 0 Å². The molecule has 94 valence electrons. The highest BCUT2D eigenvalue weighted by molar-refractivity contribution is 7.85. The Bertz CT molecular complexity index is 399. The lowest BCUT2D eigenvalue weighted by atomic mass is 10.2. The van der Waals surface area contributed by atoms with Crippen molar-refractivity contribution in [2.45, 2.75) is 25.2 Å². The summed E-state index contributed by atoms with van der Waals surface area (Å²) in [5.74, 6) is 1.33. The molecule has 3 heteroatoms. The van der Waals surface area contributed by atoms with Gasteiger partial charge in [0.05, 0.1) is 10.8 Å². The Morgan fingerprint density at radius 3 is 2.82 bits per heavy atom. The van der Waals surface area contributed by atoms with Crippen LogP contribution in [-0.4, -0.2) is 16.5 Å². The minimum absolute atomic E-state index is 0.528. The van der Waals surface area contributed by atoms with Gasteiger partial charge in [-0.1, -0.05) is 38.1 Å². The van der Waals surface area contributed by atoms with Crippen molar-refractivity contribution in [1.82, 2.24) is 0 Å². The first-order valence-electron chi connectivity index (χ1n) is 5.98. The summed E-state index contributed by atoms with van der Waals surface area (Å²) < 4.78 is 12.0. The Morgan fingerprint density at radius 1 is 1.41 bits per heavy atom. The molecule has 0 saturated carbocycles. The number of hydrogen-bond donors (Lipinski definition) is 1. The van der Waals surface area contributed by atoms with Crippen LogP contribution in [0.3, 0.4) is 0 Å². The van der Waals surface area contributed by atoms with Gasteiger partial charge in [0.1, 0.15) is 0 Å². The van der Waals surface area contributed by atoms with E-state index in [1.54, 1.807) is 0 Å². The molecule has 1 aromatic rings. The Labute approximate surface area is 106 Å². The molecule has 2 nitrogen and oxygen atoms in total. The van der Waals surface area contributed by atoms with Crippen LogP contribution in [0, 0.1) is 5.92 Å². The third-order valence-corrected chi connectivity index (χ3v) is 3.83. The van der Waals surface area contributed by atoms with Crippen molar-refractivity contribution in [3.05, 3.63) is 35.9 Å². The van der Waals surface area contributed by atoms with Crippen LogP contribution in [0.2, 0.25) is 0 Å². The molecule has 0 spiro atoms. The van der Waals surface area contributed by atoms with Gasteiger partial charge in [0.15, 0.2) is 0 Å². The van der Waals surface area contributed by atoms with Crippen molar-refractivity contribution >= 4 is 16.9 Å². The highest BCUT2D eigenvalue weighted by Crippen LogP contribution is 2.13. The zero-order valence-electron chi connectivity index (χ0n) is 10.6. The van der Waals surface area contributed by atoms with Crippen LogP contribution in [0.15, 0.2) is 35.2 Å². The first-order valence-corrected chi connectivity index (χ1v) is 7.30. The van der Waals surface area contributed by atoms with E-state index >= 15 is 0 Å². The van der Waals surface area contributed by atoms with E-state index in [1.807, 2.05) is 36.4 Å². The number of benzene rings is 1. The van der Waals surface area contributed by atoms with E-state index in [-0.39, 0.29) is 0 Å². The molecule has 17 heavy (non-hydrogen) atoms. The molecule has 1 aromatic carbocycles. The molecule has 0 fully saturated rings. The molecule has 0 aliphatic rings. The lowest BCUT2D eigenvalue weighted by Crippen LogP contribution is -2.01. The summed E-state index contributed by atoms with van der Waals surface area (Å²) in [5, 5.41) is 0. The molecular weight excluding hydrogens is 230 g/mol. The maximum absolute atomic E-state index is 12.0. The van der Waals surface area contributed by atoms with Crippen LogP contribution in [0.5, 0.6) is 0 Å². The van der Waals surface area contributed by atoms with Gasteiger partial charge in [-0.05, 0) is 30.0 Å².